The summed E-state index contributed by atoms with van der Waals surface area (Å²) in [6.45, 7) is 3.71. The predicted molar refractivity (Wildman–Crippen MR) is 122 cm³/mol. The molecule has 0 aliphatic carbocycles. The van der Waals surface area contributed by atoms with Gasteiger partial charge in [0.05, 0.1) is 6.42 Å². The molecule has 3 aromatic carbocycles. The van der Waals surface area contributed by atoms with Crippen LogP contribution in [0.3, 0.4) is 0 Å². The van der Waals surface area contributed by atoms with E-state index in [1.54, 1.807) is 13.0 Å². The summed E-state index contributed by atoms with van der Waals surface area (Å²) in [5, 5.41) is 10.9. The maximum Gasteiger partial charge on any atom is 0.230 e. The SMILES string of the molecule is CCC(=O)Nc1cc(NC(=S)NC(=O)Cc2cccc3ccccc23)ccc1C. The first-order chi connectivity index (χ1) is 14.0. The van der Waals surface area contributed by atoms with Gasteiger partial charge in [0, 0.05) is 17.8 Å². The number of hydrogen-bond acceptors (Lipinski definition) is 3. The first kappa shape index (κ1) is 20.5. The molecule has 0 heterocycles. The number of hydrogen-bond donors (Lipinski definition) is 3. The molecule has 3 aromatic rings. The topological polar surface area (TPSA) is 70.2 Å². The lowest BCUT2D eigenvalue weighted by atomic mass is 10.0. The summed E-state index contributed by atoms with van der Waals surface area (Å²) in [6, 6.07) is 19.4. The van der Waals surface area contributed by atoms with Crippen LogP contribution >= 0.6 is 12.2 Å². The van der Waals surface area contributed by atoms with Crippen LogP contribution in [0.4, 0.5) is 11.4 Å². The fraction of sp³-hybridized carbons (Fsp3) is 0.174. The van der Waals surface area contributed by atoms with Gasteiger partial charge in [0.25, 0.3) is 0 Å². The van der Waals surface area contributed by atoms with Crippen molar-refractivity contribution in [3.05, 3.63) is 71.8 Å². The Labute approximate surface area is 175 Å². The van der Waals surface area contributed by atoms with Crippen molar-refractivity contribution < 1.29 is 9.59 Å². The highest BCUT2D eigenvalue weighted by atomic mass is 32.1. The largest absolute Gasteiger partial charge is 0.332 e. The molecule has 29 heavy (non-hydrogen) atoms. The average molecular weight is 406 g/mol. The Bertz CT molecular complexity index is 1070. The van der Waals surface area contributed by atoms with Gasteiger partial charge in [0.15, 0.2) is 5.11 Å². The van der Waals surface area contributed by atoms with Crippen LogP contribution in [0.1, 0.15) is 24.5 Å². The first-order valence-electron chi connectivity index (χ1n) is 9.44. The van der Waals surface area contributed by atoms with Crippen LogP contribution in [-0.4, -0.2) is 16.9 Å². The molecule has 0 bridgehead atoms. The number of benzene rings is 3. The highest BCUT2D eigenvalue weighted by Crippen LogP contribution is 2.21. The fourth-order valence-corrected chi connectivity index (χ4v) is 3.26. The number of aryl methyl sites for hydroxylation is 1. The van der Waals surface area contributed by atoms with Crippen LogP contribution in [0, 0.1) is 6.92 Å². The summed E-state index contributed by atoms with van der Waals surface area (Å²) in [5.74, 6) is -0.248. The number of carbonyl (C=O) groups excluding carboxylic acids is 2. The van der Waals surface area contributed by atoms with Gasteiger partial charge in [-0.3, -0.25) is 9.59 Å². The van der Waals surface area contributed by atoms with Crippen LogP contribution < -0.4 is 16.0 Å². The van der Waals surface area contributed by atoms with Gasteiger partial charge in [0.2, 0.25) is 11.8 Å². The summed E-state index contributed by atoms with van der Waals surface area (Å²) in [5.41, 5.74) is 3.30. The number of rotatable bonds is 5. The third-order valence-corrected chi connectivity index (χ3v) is 4.78. The Balaban J connectivity index is 1.64. The Hall–Kier alpha value is -3.25. The van der Waals surface area contributed by atoms with E-state index in [0.29, 0.717) is 17.8 Å². The van der Waals surface area contributed by atoms with Crippen molar-refractivity contribution in [3.8, 4) is 0 Å². The van der Waals surface area contributed by atoms with Crippen LogP contribution in [0.2, 0.25) is 0 Å². The third kappa shape index (κ3) is 5.39. The van der Waals surface area contributed by atoms with Crippen molar-refractivity contribution >= 4 is 51.3 Å². The molecule has 2 amide bonds. The first-order valence-corrected chi connectivity index (χ1v) is 9.85. The molecule has 0 spiro atoms. The zero-order valence-corrected chi connectivity index (χ0v) is 17.2. The minimum absolute atomic E-state index is 0.0591. The van der Waals surface area contributed by atoms with E-state index in [-0.39, 0.29) is 23.3 Å². The van der Waals surface area contributed by atoms with E-state index in [9.17, 15) is 9.59 Å². The lowest BCUT2D eigenvalue weighted by Gasteiger charge is -2.13. The second-order valence-electron chi connectivity index (χ2n) is 6.75. The molecule has 148 valence electrons. The van der Waals surface area contributed by atoms with E-state index < -0.39 is 0 Å². The lowest BCUT2D eigenvalue weighted by molar-refractivity contribution is -0.119. The molecule has 0 radical (unpaired) electrons. The second-order valence-corrected chi connectivity index (χ2v) is 7.16. The maximum absolute atomic E-state index is 12.5. The fourth-order valence-electron chi connectivity index (χ4n) is 3.03. The van der Waals surface area contributed by atoms with Gasteiger partial charge in [-0.05, 0) is 53.2 Å². The van der Waals surface area contributed by atoms with Gasteiger partial charge in [-0.15, -0.1) is 0 Å². The van der Waals surface area contributed by atoms with Crippen LogP contribution in [0.15, 0.2) is 60.7 Å². The molecule has 0 aliphatic heterocycles. The standard InChI is InChI=1S/C23H23N3O2S/c1-3-21(27)25-20-14-18(12-11-15(20)2)24-23(29)26-22(28)13-17-9-6-8-16-7-4-5-10-19(16)17/h4-12,14H,3,13H2,1-2H3,(H,25,27)(H2,24,26,28,29). The molecule has 0 aliphatic rings. The Morgan fingerprint density at radius 3 is 2.48 bits per heavy atom. The van der Waals surface area contributed by atoms with Crippen molar-refractivity contribution in [2.75, 3.05) is 10.6 Å². The highest BCUT2D eigenvalue weighted by molar-refractivity contribution is 7.80. The van der Waals surface area contributed by atoms with Crippen molar-refractivity contribution in [1.82, 2.24) is 5.32 Å². The molecule has 0 aromatic heterocycles. The van der Waals surface area contributed by atoms with E-state index in [4.69, 9.17) is 12.2 Å². The molecule has 0 saturated heterocycles. The van der Waals surface area contributed by atoms with E-state index in [1.165, 1.54) is 0 Å². The lowest BCUT2D eigenvalue weighted by Crippen LogP contribution is -2.35. The number of amides is 2. The van der Waals surface area contributed by atoms with Gasteiger partial charge >= 0.3 is 0 Å². The van der Waals surface area contributed by atoms with Gasteiger partial charge in [-0.2, -0.15) is 0 Å². The number of fused-ring (bicyclic) bond motifs is 1. The zero-order chi connectivity index (χ0) is 20.8. The quantitative estimate of drug-likeness (QED) is 0.545. The average Bonchev–Trinajstić information content (AvgIpc) is 2.70. The highest BCUT2D eigenvalue weighted by Gasteiger charge is 2.10. The Morgan fingerprint density at radius 2 is 1.69 bits per heavy atom. The molecule has 0 fully saturated rings. The summed E-state index contributed by atoms with van der Waals surface area (Å²) in [7, 11) is 0. The smallest absolute Gasteiger partial charge is 0.230 e. The summed E-state index contributed by atoms with van der Waals surface area (Å²) < 4.78 is 0. The molecular weight excluding hydrogens is 382 g/mol. The molecule has 5 nitrogen and oxygen atoms in total. The Morgan fingerprint density at radius 1 is 0.931 bits per heavy atom. The summed E-state index contributed by atoms with van der Waals surface area (Å²) >= 11 is 5.28. The molecule has 0 unspecified atom stereocenters. The minimum atomic E-state index is -0.189. The van der Waals surface area contributed by atoms with E-state index >= 15 is 0 Å². The second kappa shape index (κ2) is 9.30. The van der Waals surface area contributed by atoms with E-state index in [2.05, 4.69) is 16.0 Å². The summed E-state index contributed by atoms with van der Waals surface area (Å²) in [4.78, 5) is 24.1. The van der Waals surface area contributed by atoms with Gasteiger partial charge in [-0.25, -0.2) is 0 Å². The number of thiocarbonyl (C=S) groups is 1. The normalized spacial score (nSPS) is 10.4. The molecule has 0 saturated carbocycles. The molecule has 6 heteroatoms. The minimum Gasteiger partial charge on any atom is -0.332 e. The molecule has 3 rings (SSSR count). The number of nitrogens with one attached hydrogen (secondary N) is 3. The van der Waals surface area contributed by atoms with E-state index in [0.717, 1.165) is 21.9 Å². The van der Waals surface area contributed by atoms with Crippen LogP contribution in [0.25, 0.3) is 10.8 Å². The van der Waals surface area contributed by atoms with Crippen molar-refractivity contribution in [2.45, 2.75) is 26.7 Å². The van der Waals surface area contributed by atoms with E-state index in [1.807, 2.05) is 61.5 Å². The van der Waals surface area contributed by atoms with Crippen molar-refractivity contribution in [1.29, 1.82) is 0 Å². The number of anilines is 2. The monoisotopic (exact) mass is 405 g/mol. The van der Waals surface area contributed by atoms with Crippen molar-refractivity contribution in [2.24, 2.45) is 0 Å². The predicted octanol–water partition coefficient (Wildman–Crippen LogP) is 4.55. The summed E-state index contributed by atoms with van der Waals surface area (Å²) in [6.07, 6.45) is 0.634. The van der Waals surface area contributed by atoms with Gasteiger partial charge in [-0.1, -0.05) is 55.5 Å². The van der Waals surface area contributed by atoms with Crippen molar-refractivity contribution in [3.63, 3.8) is 0 Å². The maximum atomic E-state index is 12.5. The van der Waals surface area contributed by atoms with Gasteiger partial charge < -0.3 is 16.0 Å². The van der Waals surface area contributed by atoms with Gasteiger partial charge in [0.1, 0.15) is 0 Å². The molecule has 3 N–H and O–H groups in total. The molecule has 0 atom stereocenters. The third-order valence-electron chi connectivity index (χ3n) is 4.57. The van der Waals surface area contributed by atoms with Crippen LogP contribution in [-0.2, 0) is 16.0 Å². The molecular formula is C23H23N3O2S. The zero-order valence-electron chi connectivity index (χ0n) is 16.4. The van der Waals surface area contributed by atoms with Crippen LogP contribution in [0.5, 0.6) is 0 Å². The number of carbonyl (C=O) groups is 2. The Kier molecular flexibility index (Phi) is 6.57.